The first-order valence-corrected chi connectivity index (χ1v) is 3.11. The Kier molecular flexibility index (Phi) is 3.89. The van der Waals surface area contributed by atoms with Crippen molar-refractivity contribution in [2.45, 2.75) is 6.42 Å². The van der Waals surface area contributed by atoms with Gasteiger partial charge in [0.2, 0.25) is 11.8 Å². The molecule has 6 heteroatoms. The van der Waals surface area contributed by atoms with Gasteiger partial charge in [-0.15, -0.1) is 0 Å². The van der Waals surface area contributed by atoms with Gasteiger partial charge in [0.25, 0.3) is 0 Å². The van der Waals surface area contributed by atoms with Crippen molar-refractivity contribution in [2.75, 3.05) is 14.1 Å². The molecule has 0 aromatic carbocycles. The second kappa shape index (κ2) is 4.02. The van der Waals surface area contributed by atoms with Crippen LogP contribution in [0.1, 0.15) is 7.85 Å². The van der Waals surface area contributed by atoms with Crippen molar-refractivity contribution in [2.24, 2.45) is 0 Å². The average Bonchev–Trinajstić information content (AvgIpc) is 1.97. The van der Waals surface area contributed by atoms with Gasteiger partial charge < -0.3 is 1.43 Å². The molecule has 0 N–H and O–H groups in total. The summed E-state index contributed by atoms with van der Waals surface area (Å²) >= 11 is 0. The van der Waals surface area contributed by atoms with Crippen LogP contribution in [0.5, 0.6) is 0 Å². The Morgan fingerprint density at radius 1 is 1.08 bits per heavy atom. The first kappa shape index (κ1) is 11.6. The second-order valence-corrected chi connectivity index (χ2v) is 2.36. The van der Waals surface area contributed by atoms with Gasteiger partial charge in [-0.2, -0.15) is 0 Å². The number of nitrogens with zero attached hydrogens (tertiary/aromatic N) is 2. The SMILES string of the molecule is CN1C(=O)CC(=O)N(C)C1=O.[H-].[Na+]. The maximum Gasteiger partial charge on any atom is 1.00 e. The fourth-order valence-corrected chi connectivity index (χ4v) is 0.805. The van der Waals surface area contributed by atoms with Gasteiger partial charge in [0, 0.05) is 14.1 Å². The van der Waals surface area contributed by atoms with Gasteiger partial charge in [0.1, 0.15) is 6.42 Å². The monoisotopic (exact) mass is 180 g/mol. The predicted molar refractivity (Wildman–Crippen MR) is 36.7 cm³/mol. The molecule has 62 valence electrons. The van der Waals surface area contributed by atoms with Gasteiger partial charge in [-0.05, 0) is 0 Å². The Hall–Kier alpha value is -0.390. The first-order valence-electron chi connectivity index (χ1n) is 3.11. The molecule has 12 heavy (non-hydrogen) atoms. The molecule has 0 aliphatic carbocycles. The maximum absolute atomic E-state index is 11.0. The average molecular weight is 180 g/mol. The van der Waals surface area contributed by atoms with Crippen LogP contribution in [-0.4, -0.2) is 41.7 Å². The van der Waals surface area contributed by atoms with Crippen LogP contribution in [0.4, 0.5) is 4.79 Å². The van der Waals surface area contributed by atoms with E-state index in [4.69, 9.17) is 0 Å². The molecule has 1 aliphatic rings. The minimum Gasteiger partial charge on any atom is -1.00 e. The van der Waals surface area contributed by atoms with Crippen LogP contribution >= 0.6 is 0 Å². The number of rotatable bonds is 0. The summed E-state index contributed by atoms with van der Waals surface area (Å²) < 4.78 is 0. The third-order valence-corrected chi connectivity index (χ3v) is 1.62. The maximum atomic E-state index is 11.0. The van der Waals surface area contributed by atoms with Gasteiger partial charge in [-0.3, -0.25) is 19.4 Å². The number of hydrogen-bond acceptors (Lipinski definition) is 3. The largest absolute Gasteiger partial charge is 1.00 e. The summed E-state index contributed by atoms with van der Waals surface area (Å²) in [6.07, 6.45) is -0.210. The predicted octanol–water partition coefficient (Wildman–Crippen LogP) is -3.46. The number of carbonyl (C=O) groups excluding carboxylic acids is 3. The summed E-state index contributed by atoms with van der Waals surface area (Å²) in [5.41, 5.74) is 0. The molecule has 0 bridgehead atoms. The number of imide groups is 2. The molecule has 4 amide bonds. The quantitative estimate of drug-likeness (QED) is 0.287. The number of carbonyl (C=O) groups is 3. The van der Waals surface area contributed by atoms with Crippen LogP contribution in [0, 0.1) is 0 Å². The van der Waals surface area contributed by atoms with E-state index in [0.717, 1.165) is 9.80 Å². The van der Waals surface area contributed by atoms with Crippen LogP contribution in [0.2, 0.25) is 0 Å². The Balaban J connectivity index is 0. The van der Waals surface area contributed by atoms with E-state index in [9.17, 15) is 14.4 Å². The molecule has 0 atom stereocenters. The fourth-order valence-electron chi connectivity index (χ4n) is 0.805. The molecular weight excluding hydrogens is 171 g/mol. The van der Waals surface area contributed by atoms with Crippen LogP contribution in [0.15, 0.2) is 0 Å². The van der Waals surface area contributed by atoms with Crippen LogP contribution < -0.4 is 29.6 Å². The number of barbiturate groups is 1. The summed E-state index contributed by atoms with van der Waals surface area (Å²) in [6.45, 7) is 0. The Bertz CT molecular complexity index is 224. The van der Waals surface area contributed by atoms with Gasteiger partial charge in [-0.1, -0.05) is 0 Å². The van der Waals surface area contributed by atoms with E-state index in [1.54, 1.807) is 0 Å². The van der Waals surface area contributed by atoms with E-state index in [-0.39, 0.29) is 37.4 Å². The van der Waals surface area contributed by atoms with Gasteiger partial charge in [0.15, 0.2) is 0 Å². The molecule has 0 aromatic heterocycles. The second-order valence-electron chi connectivity index (χ2n) is 2.36. The molecule has 1 rings (SSSR count). The van der Waals surface area contributed by atoms with Crippen LogP contribution in [-0.2, 0) is 9.59 Å². The molecular formula is C6H9N2NaO3. The normalized spacial score (nSPS) is 18.0. The van der Waals surface area contributed by atoms with E-state index in [0.29, 0.717) is 0 Å². The number of urea groups is 1. The van der Waals surface area contributed by atoms with E-state index < -0.39 is 17.8 Å². The van der Waals surface area contributed by atoms with Crippen molar-refractivity contribution in [3.8, 4) is 0 Å². The summed E-state index contributed by atoms with van der Waals surface area (Å²) in [6, 6.07) is -0.564. The summed E-state index contributed by atoms with van der Waals surface area (Å²) in [7, 11) is 2.71. The van der Waals surface area contributed by atoms with E-state index >= 15 is 0 Å². The minimum atomic E-state index is -0.564. The third-order valence-electron chi connectivity index (χ3n) is 1.62. The summed E-state index contributed by atoms with van der Waals surface area (Å²) in [4.78, 5) is 34.5. The Morgan fingerprint density at radius 3 is 1.75 bits per heavy atom. The Labute approximate surface area is 93.5 Å². The molecule has 1 fully saturated rings. The number of hydrogen-bond donors (Lipinski definition) is 0. The zero-order valence-electron chi connectivity index (χ0n) is 8.33. The molecule has 1 saturated heterocycles. The standard InChI is InChI=1S/C6H8N2O3.Na.H/c1-7-4(9)3-5(10)8(2)6(7)11;;/h3H2,1-2H3;;/q;+1;-1. The van der Waals surface area contributed by atoms with Crippen LogP contribution in [0.25, 0.3) is 0 Å². The van der Waals surface area contributed by atoms with Gasteiger partial charge >= 0.3 is 35.6 Å². The van der Waals surface area contributed by atoms with Crippen molar-refractivity contribution in [3.05, 3.63) is 0 Å². The first-order chi connectivity index (χ1) is 5.04. The van der Waals surface area contributed by atoms with Gasteiger partial charge in [0.05, 0.1) is 0 Å². The van der Waals surface area contributed by atoms with Gasteiger partial charge in [-0.25, -0.2) is 4.79 Å². The van der Waals surface area contributed by atoms with E-state index in [2.05, 4.69) is 0 Å². The molecule has 0 spiro atoms. The molecule has 5 nitrogen and oxygen atoms in total. The minimum absolute atomic E-state index is 0. The van der Waals surface area contributed by atoms with Crippen molar-refractivity contribution in [1.29, 1.82) is 0 Å². The Morgan fingerprint density at radius 2 is 1.42 bits per heavy atom. The zero-order valence-corrected chi connectivity index (χ0v) is 9.33. The van der Waals surface area contributed by atoms with Crippen LogP contribution in [0.3, 0.4) is 0 Å². The summed E-state index contributed by atoms with van der Waals surface area (Å²) in [5, 5.41) is 0. The molecule has 1 heterocycles. The molecule has 0 radical (unpaired) electrons. The fraction of sp³-hybridized carbons (Fsp3) is 0.500. The van der Waals surface area contributed by atoms with E-state index in [1.807, 2.05) is 0 Å². The smallest absolute Gasteiger partial charge is 1.00 e. The molecule has 0 saturated carbocycles. The van der Waals surface area contributed by atoms with Crippen molar-refractivity contribution in [3.63, 3.8) is 0 Å². The zero-order chi connectivity index (χ0) is 8.59. The van der Waals surface area contributed by atoms with Crippen molar-refractivity contribution in [1.82, 2.24) is 9.80 Å². The summed E-state index contributed by atoms with van der Waals surface area (Å²) in [5.74, 6) is -0.892. The van der Waals surface area contributed by atoms with Crippen molar-refractivity contribution < 1.29 is 45.4 Å². The molecule has 1 aliphatic heterocycles. The third kappa shape index (κ3) is 1.85. The molecule has 0 unspecified atom stereocenters. The van der Waals surface area contributed by atoms with E-state index in [1.165, 1.54) is 14.1 Å². The van der Waals surface area contributed by atoms with Crippen molar-refractivity contribution >= 4 is 17.8 Å². The molecule has 0 aromatic rings. The number of amides is 4. The topological polar surface area (TPSA) is 57.7 Å².